The van der Waals surface area contributed by atoms with E-state index >= 15 is 0 Å². The Labute approximate surface area is 179 Å². The summed E-state index contributed by atoms with van der Waals surface area (Å²) in [6.45, 7) is 0. The van der Waals surface area contributed by atoms with Crippen molar-refractivity contribution >= 4 is 22.5 Å². The fourth-order valence-corrected chi connectivity index (χ4v) is 2.72. The summed E-state index contributed by atoms with van der Waals surface area (Å²) in [5, 5.41) is 0.179. The zero-order valence-electron chi connectivity index (χ0n) is 15.3. The molecule has 3 heterocycles. The normalized spacial score (nSPS) is 12.2. The van der Waals surface area contributed by atoms with Crippen LogP contribution in [0.1, 0.15) is 11.6 Å². The molecule has 7 nitrogen and oxygen atoms in total. The number of halogens is 7. The Kier molecular flexibility index (Phi) is 5.28. The first-order valence-corrected chi connectivity index (χ1v) is 8.83. The highest BCUT2D eigenvalue weighted by Gasteiger charge is 2.37. The lowest BCUT2D eigenvalue weighted by Gasteiger charge is -2.14. The second-order valence-electron chi connectivity index (χ2n) is 6.12. The van der Waals surface area contributed by atoms with Crippen molar-refractivity contribution in [1.82, 2.24) is 29.9 Å². The van der Waals surface area contributed by atoms with Gasteiger partial charge in [-0.3, -0.25) is 0 Å². The van der Waals surface area contributed by atoms with Crippen LogP contribution >= 0.6 is 11.6 Å². The lowest BCUT2D eigenvalue weighted by atomic mass is 10.1. The summed E-state index contributed by atoms with van der Waals surface area (Å²) in [4.78, 5) is 21.1. The summed E-state index contributed by atoms with van der Waals surface area (Å²) in [7, 11) is 0. The van der Waals surface area contributed by atoms with E-state index in [-0.39, 0.29) is 38.9 Å². The molecule has 32 heavy (non-hydrogen) atoms. The van der Waals surface area contributed by atoms with Crippen LogP contribution in [-0.2, 0) is 12.4 Å². The zero-order chi connectivity index (χ0) is 23.1. The maximum absolute atomic E-state index is 13.3. The molecular formula is C18H7ClF6N6O. The first-order valence-electron chi connectivity index (χ1n) is 8.45. The van der Waals surface area contributed by atoms with Gasteiger partial charge in [0.25, 0.3) is 0 Å². The van der Waals surface area contributed by atoms with Crippen LogP contribution in [0, 0.1) is 0 Å². The predicted molar refractivity (Wildman–Crippen MR) is 97.7 cm³/mol. The largest absolute Gasteiger partial charge is 0.451 e. The second-order valence-corrected chi connectivity index (χ2v) is 6.56. The van der Waals surface area contributed by atoms with Crippen molar-refractivity contribution in [3.8, 4) is 23.0 Å². The average Bonchev–Trinajstić information content (AvgIpc) is 2.73. The lowest BCUT2D eigenvalue weighted by Crippen LogP contribution is -2.13. The van der Waals surface area contributed by atoms with Gasteiger partial charge < -0.3 is 4.74 Å². The Balaban J connectivity index is 1.93. The third kappa shape index (κ3) is 4.37. The molecule has 0 radical (unpaired) electrons. The van der Waals surface area contributed by atoms with E-state index in [1.807, 2.05) is 0 Å². The summed E-state index contributed by atoms with van der Waals surface area (Å²) in [5.74, 6) is -3.00. The first-order chi connectivity index (χ1) is 15.0. The van der Waals surface area contributed by atoms with E-state index in [1.165, 1.54) is 30.6 Å². The van der Waals surface area contributed by atoms with Crippen molar-refractivity contribution in [2.45, 2.75) is 12.4 Å². The molecule has 1 aromatic carbocycles. The van der Waals surface area contributed by atoms with E-state index in [2.05, 4.69) is 29.9 Å². The summed E-state index contributed by atoms with van der Waals surface area (Å²) in [5.41, 5.74) is -0.793. The SMILES string of the molecule is FC(F)(F)c1ncc(-c2nc(C(F)(F)F)nc3cccc(Oc4ncc(Cl)cn4)c23)cn1. The van der Waals surface area contributed by atoms with Gasteiger partial charge >= 0.3 is 18.4 Å². The van der Waals surface area contributed by atoms with Crippen LogP contribution in [0.15, 0.2) is 43.0 Å². The van der Waals surface area contributed by atoms with Crippen molar-refractivity contribution in [2.75, 3.05) is 0 Å². The second kappa shape index (κ2) is 7.82. The molecule has 0 amide bonds. The number of nitrogens with zero attached hydrogens (tertiary/aromatic N) is 6. The van der Waals surface area contributed by atoms with Crippen molar-refractivity contribution < 1.29 is 31.1 Å². The van der Waals surface area contributed by atoms with Crippen LogP contribution in [-0.4, -0.2) is 29.9 Å². The molecule has 0 spiro atoms. The standard InChI is InChI=1S/C18H7ClF6N6O/c19-9-6-28-16(29-7-9)32-11-3-1-2-10-12(11)13(31-15(30-10)18(23,24)25)8-4-26-14(27-5-8)17(20,21)22/h1-7H. The quantitative estimate of drug-likeness (QED) is 0.371. The molecule has 4 aromatic rings. The van der Waals surface area contributed by atoms with Crippen molar-refractivity contribution in [3.63, 3.8) is 0 Å². The number of benzene rings is 1. The number of rotatable bonds is 3. The van der Waals surface area contributed by atoms with Crippen LogP contribution in [0.3, 0.4) is 0 Å². The molecule has 0 fully saturated rings. The molecule has 14 heteroatoms. The number of alkyl halides is 6. The fraction of sp³-hybridized carbons (Fsp3) is 0.111. The molecule has 0 unspecified atom stereocenters. The van der Waals surface area contributed by atoms with Gasteiger partial charge in [0.2, 0.25) is 11.6 Å². The zero-order valence-corrected chi connectivity index (χ0v) is 16.0. The molecule has 0 aliphatic carbocycles. The highest BCUT2D eigenvalue weighted by Crippen LogP contribution is 2.38. The third-order valence-electron chi connectivity index (χ3n) is 3.92. The van der Waals surface area contributed by atoms with E-state index in [9.17, 15) is 26.3 Å². The molecule has 0 bridgehead atoms. The summed E-state index contributed by atoms with van der Waals surface area (Å²) in [6.07, 6.45) is -5.86. The monoisotopic (exact) mass is 472 g/mol. The van der Waals surface area contributed by atoms with Gasteiger partial charge in [0.05, 0.1) is 34.0 Å². The van der Waals surface area contributed by atoms with Crippen LogP contribution in [0.5, 0.6) is 11.8 Å². The first kappa shape index (κ1) is 21.6. The van der Waals surface area contributed by atoms with E-state index < -0.39 is 24.0 Å². The molecule has 3 aromatic heterocycles. The molecule has 0 aliphatic rings. The van der Waals surface area contributed by atoms with Gasteiger partial charge in [-0.05, 0) is 12.1 Å². The van der Waals surface area contributed by atoms with Crippen molar-refractivity contribution in [2.24, 2.45) is 0 Å². The van der Waals surface area contributed by atoms with Crippen LogP contribution < -0.4 is 4.74 Å². The van der Waals surface area contributed by atoms with Crippen molar-refractivity contribution in [1.29, 1.82) is 0 Å². The number of aromatic nitrogens is 6. The Morgan fingerprint density at radius 2 is 1.38 bits per heavy atom. The maximum Gasteiger partial charge on any atom is 0.451 e. The molecular weight excluding hydrogens is 466 g/mol. The predicted octanol–water partition coefficient (Wildman–Crippen LogP) is 5.36. The molecule has 0 N–H and O–H groups in total. The minimum Gasteiger partial charge on any atom is -0.423 e. The van der Waals surface area contributed by atoms with Gasteiger partial charge in [-0.25, -0.2) is 29.9 Å². The van der Waals surface area contributed by atoms with Gasteiger partial charge in [-0.2, -0.15) is 26.3 Å². The summed E-state index contributed by atoms with van der Waals surface area (Å²) < 4.78 is 84.0. The molecule has 0 saturated heterocycles. The minimum absolute atomic E-state index is 0.0394. The number of ether oxygens (including phenoxy) is 1. The number of hydrogen-bond donors (Lipinski definition) is 0. The Bertz CT molecular complexity index is 1280. The van der Waals surface area contributed by atoms with E-state index in [1.54, 1.807) is 0 Å². The number of fused-ring (bicyclic) bond motifs is 1. The Morgan fingerprint density at radius 3 is 1.97 bits per heavy atom. The van der Waals surface area contributed by atoms with Gasteiger partial charge in [0, 0.05) is 18.0 Å². The van der Waals surface area contributed by atoms with Crippen LogP contribution in [0.25, 0.3) is 22.2 Å². The van der Waals surface area contributed by atoms with Gasteiger partial charge in [-0.1, -0.05) is 17.7 Å². The van der Waals surface area contributed by atoms with E-state index in [0.29, 0.717) is 12.4 Å². The topological polar surface area (TPSA) is 86.6 Å². The smallest absolute Gasteiger partial charge is 0.423 e. The summed E-state index contributed by atoms with van der Waals surface area (Å²) >= 11 is 5.72. The van der Waals surface area contributed by atoms with Gasteiger partial charge in [-0.15, -0.1) is 0 Å². The number of hydrogen-bond acceptors (Lipinski definition) is 7. The van der Waals surface area contributed by atoms with Gasteiger partial charge in [0.15, 0.2) is 0 Å². The molecule has 0 atom stereocenters. The lowest BCUT2D eigenvalue weighted by molar-refractivity contribution is -0.145. The third-order valence-corrected chi connectivity index (χ3v) is 4.11. The minimum atomic E-state index is -4.92. The molecule has 4 rings (SSSR count). The maximum atomic E-state index is 13.3. The Morgan fingerprint density at radius 1 is 0.750 bits per heavy atom. The fourth-order valence-electron chi connectivity index (χ4n) is 2.62. The van der Waals surface area contributed by atoms with E-state index in [4.69, 9.17) is 16.3 Å². The average molecular weight is 473 g/mol. The molecule has 164 valence electrons. The van der Waals surface area contributed by atoms with E-state index in [0.717, 1.165) is 0 Å². The molecule has 0 aliphatic heterocycles. The van der Waals surface area contributed by atoms with Gasteiger partial charge in [0.1, 0.15) is 5.75 Å². The van der Waals surface area contributed by atoms with Crippen molar-refractivity contribution in [3.05, 3.63) is 59.7 Å². The molecule has 0 saturated carbocycles. The highest BCUT2D eigenvalue weighted by molar-refractivity contribution is 6.30. The van der Waals surface area contributed by atoms with Crippen LogP contribution in [0.2, 0.25) is 5.02 Å². The highest BCUT2D eigenvalue weighted by atomic mass is 35.5. The Hall–Kier alpha value is -3.61. The van der Waals surface area contributed by atoms with Crippen LogP contribution in [0.4, 0.5) is 26.3 Å². The summed E-state index contributed by atoms with van der Waals surface area (Å²) in [6, 6.07) is 3.83.